The van der Waals surface area contributed by atoms with Gasteiger partial charge in [-0.25, -0.2) is 0 Å². The number of hydrogen-bond acceptors (Lipinski definition) is 6. The molecule has 0 aromatic rings. The lowest BCUT2D eigenvalue weighted by atomic mass is 10.0. The van der Waals surface area contributed by atoms with Gasteiger partial charge in [0, 0.05) is 19.3 Å². The van der Waals surface area contributed by atoms with Crippen LogP contribution in [0.5, 0.6) is 0 Å². The second kappa shape index (κ2) is 64.4. The van der Waals surface area contributed by atoms with Gasteiger partial charge in [0.25, 0.3) is 0 Å². The van der Waals surface area contributed by atoms with Crippen molar-refractivity contribution >= 4 is 17.9 Å². The van der Waals surface area contributed by atoms with Crippen LogP contribution in [-0.2, 0) is 28.6 Å². The lowest BCUT2D eigenvalue weighted by Crippen LogP contribution is -2.30. The van der Waals surface area contributed by atoms with Gasteiger partial charge >= 0.3 is 17.9 Å². The van der Waals surface area contributed by atoms with Crippen molar-refractivity contribution in [1.29, 1.82) is 0 Å². The molecule has 0 aliphatic heterocycles. The van der Waals surface area contributed by atoms with Gasteiger partial charge in [-0.2, -0.15) is 0 Å². The maximum atomic E-state index is 12.9. The van der Waals surface area contributed by atoms with Gasteiger partial charge in [0.05, 0.1) is 0 Å². The van der Waals surface area contributed by atoms with E-state index in [1.54, 1.807) is 0 Å². The van der Waals surface area contributed by atoms with Gasteiger partial charge in [0.15, 0.2) is 6.10 Å². The first-order chi connectivity index (χ1) is 37.5. The smallest absolute Gasteiger partial charge is 0.306 e. The van der Waals surface area contributed by atoms with Crippen LogP contribution in [0.15, 0.2) is 72.9 Å². The summed E-state index contributed by atoms with van der Waals surface area (Å²) in [6, 6.07) is 0. The number of esters is 3. The standard InChI is InChI=1S/C70H124O6/c1-4-7-10-13-16-19-22-25-27-29-31-32-33-34-35-36-37-38-39-41-42-45-48-51-54-57-60-63-69(72)75-66-67(65-74-68(71)62-59-56-53-50-47-44-24-21-18-15-12-9-6-3)76-70(73)64-61-58-55-52-49-46-43-40-30-28-26-23-20-17-14-11-8-5-2/h7,10,16,19,21,24-25,27,31-32,34-35,67H,4-6,8-9,11-15,17-18,20,22-23,26,28-30,33,36-66H2,1-3H3/b10-7-,19-16-,24-21-,27-25-,32-31-,35-34-. The average molecular weight is 1060 g/mol. The summed E-state index contributed by atoms with van der Waals surface area (Å²) < 4.78 is 16.9. The quantitative estimate of drug-likeness (QED) is 0.0261. The first-order valence-electron chi connectivity index (χ1n) is 32.9. The van der Waals surface area contributed by atoms with Crippen LogP contribution < -0.4 is 0 Å². The van der Waals surface area contributed by atoms with Crippen LogP contribution in [0, 0.1) is 0 Å². The van der Waals surface area contributed by atoms with Crippen molar-refractivity contribution in [1.82, 2.24) is 0 Å². The van der Waals surface area contributed by atoms with E-state index in [-0.39, 0.29) is 31.1 Å². The van der Waals surface area contributed by atoms with Crippen LogP contribution in [0.25, 0.3) is 0 Å². The van der Waals surface area contributed by atoms with Gasteiger partial charge < -0.3 is 14.2 Å². The summed E-state index contributed by atoms with van der Waals surface area (Å²) in [5, 5.41) is 0. The van der Waals surface area contributed by atoms with E-state index in [1.807, 2.05) is 0 Å². The molecule has 1 atom stereocenters. The Balaban J connectivity index is 4.27. The van der Waals surface area contributed by atoms with Crippen molar-refractivity contribution in [2.75, 3.05) is 13.2 Å². The summed E-state index contributed by atoms with van der Waals surface area (Å²) >= 11 is 0. The predicted octanol–water partition coefficient (Wildman–Crippen LogP) is 22.5. The Morgan fingerprint density at radius 3 is 0.829 bits per heavy atom. The molecule has 440 valence electrons. The number of carbonyl (C=O) groups excluding carboxylic acids is 3. The fourth-order valence-corrected chi connectivity index (χ4v) is 9.53. The SMILES string of the molecule is CC/C=C\C/C=C\C/C=C\C/C=C\C/C=C\CCCCCCCCCCCCCC(=O)OCC(COC(=O)CCCCCCC/C=C\CCCCCC)OC(=O)CCCCCCCCCCCCCCCCCCCC. The lowest BCUT2D eigenvalue weighted by Gasteiger charge is -2.18. The summed E-state index contributed by atoms with van der Waals surface area (Å²) in [7, 11) is 0. The van der Waals surface area contributed by atoms with Crippen LogP contribution in [0.4, 0.5) is 0 Å². The highest BCUT2D eigenvalue weighted by molar-refractivity contribution is 5.71. The fourth-order valence-electron chi connectivity index (χ4n) is 9.53. The van der Waals surface area contributed by atoms with E-state index in [4.69, 9.17) is 14.2 Å². The molecule has 0 fully saturated rings. The van der Waals surface area contributed by atoms with Crippen LogP contribution in [0.3, 0.4) is 0 Å². The second-order valence-corrected chi connectivity index (χ2v) is 22.0. The number of hydrogen-bond donors (Lipinski definition) is 0. The minimum absolute atomic E-state index is 0.0758. The maximum Gasteiger partial charge on any atom is 0.306 e. The molecule has 6 heteroatoms. The van der Waals surface area contributed by atoms with Crippen molar-refractivity contribution in [3.63, 3.8) is 0 Å². The zero-order valence-corrected chi connectivity index (χ0v) is 50.5. The Bertz CT molecular complexity index is 1400. The van der Waals surface area contributed by atoms with Crippen LogP contribution >= 0.6 is 0 Å². The van der Waals surface area contributed by atoms with Gasteiger partial charge in [-0.3, -0.25) is 14.4 Å². The third-order valence-electron chi connectivity index (χ3n) is 14.4. The Labute approximate surface area is 472 Å². The number of ether oxygens (including phenoxy) is 3. The molecule has 6 nitrogen and oxygen atoms in total. The molecular formula is C70H124O6. The van der Waals surface area contributed by atoms with Crippen LogP contribution in [0.2, 0.25) is 0 Å². The first-order valence-corrected chi connectivity index (χ1v) is 32.9. The summed E-state index contributed by atoms with van der Waals surface area (Å²) in [4.78, 5) is 38.3. The number of rotatable bonds is 60. The van der Waals surface area contributed by atoms with Crippen molar-refractivity contribution in [3.05, 3.63) is 72.9 Å². The summed E-state index contributed by atoms with van der Waals surface area (Å²) in [6.07, 6.45) is 83.4. The zero-order chi connectivity index (χ0) is 55.0. The van der Waals surface area contributed by atoms with Crippen LogP contribution in [0.1, 0.15) is 335 Å². The van der Waals surface area contributed by atoms with E-state index in [2.05, 4.69) is 93.7 Å². The third kappa shape index (κ3) is 61.7. The molecule has 0 radical (unpaired) electrons. The summed E-state index contributed by atoms with van der Waals surface area (Å²) in [5.41, 5.74) is 0. The summed E-state index contributed by atoms with van der Waals surface area (Å²) in [6.45, 7) is 6.55. The van der Waals surface area contributed by atoms with Gasteiger partial charge in [-0.05, 0) is 89.9 Å². The van der Waals surface area contributed by atoms with E-state index in [0.717, 1.165) is 96.3 Å². The third-order valence-corrected chi connectivity index (χ3v) is 14.4. The lowest BCUT2D eigenvalue weighted by molar-refractivity contribution is -0.167. The molecular weight excluding hydrogens is 937 g/mol. The van der Waals surface area contributed by atoms with Crippen molar-refractivity contribution in [2.24, 2.45) is 0 Å². The Morgan fingerprint density at radius 2 is 0.513 bits per heavy atom. The number of unbranched alkanes of at least 4 members (excludes halogenated alkanes) is 37. The fraction of sp³-hybridized carbons (Fsp3) is 0.786. The molecule has 0 saturated carbocycles. The van der Waals surface area contributed by atoms with Crippen LogP contribution in [-0.4, -0.2) is 37.2 Å². The highest BCUT2D eigenvalue weighted by Gasteiger charge is 2.19. The normalized spacial score (nSPS) is 12.5. The van der Waals surface area contributed by atoms with E-state index < -0.39 is 6.10 Å². The predicted molar refractivity (Wildman–Crippen MR) is 330 cm³/mol. The molecule has 1 unspecified atom stereocenters. The van der Waals surface area contributed by atoms with Gasteiger partial charge in [0.1, 0.15) is 13.2 Å². The highest BCUT2D eigenvalue weighted by Crippen LogP contribution is 2.17. The monoisotopic (exact) mass is 1060 g/mol. The zero-order valence-electron chi connectivity index (χ0n) is 50.5. The largest absolute Gasteiger partial charge is 0.462 e. The first kappa shape index (κ1) is 72.8. The molecule has 0 aromatic heterocycles. The minimum Gasteiger partial charge on any atom is -0.462 e. The molecule has 0 aliphatic carbocycles. The molecule has 0 N–H and O–H groups in total. The molecule has 0 aromatic carbocycles. The van der Waals surface area contributed by atoms with Gasteiger partial charge in [-0.1, -0.05) is 299 Å². The maximum absolute atomic E-state index is 12.9. The minimum atomic E-state index is -0.778. The Morgan fingerprint density at radius 1 is 0.276 bits per heavy atom. The Kier molecular flexibility index (Phi) is 61.7. The van der Waals surface area contributed by atoms with E-state index in [0.29, 0.717) is 19.3 Å². The van der Waals surface area contributed by atoms with E-state index >= 15 is 0 Å². The molecule has 0 spiro atoms. The molecule has 76 heavy (non-hydrogen) atoms. The van der Waals surface area contributed by atoms with Crippen molar-refractivity contribution in [2.45, 2.75) is 341 Å². The Hall–Kier alpha value is -3.15. The molecule has 0 amide bonds. The second-order valence-electron chi connectivity index (χ2n) is 22.0. The van der Waals surface area contributed by atoms with E-state index in [1.165, 1.54) is 199 Å². The molecule has 0 heterocycles. The van der Waals surface area contributed by atoms with Gasteiger partial charge in [0.2, 0.25) is 0 Å². The van der Waals surface area contributed by atoms with E-state index in [9.17, 15) is 14.4 Å². The van der Waals surface area contributed by atoms with Crippen molar-refractivity contribution in [3.8, 4) is 0 Å². The topological polar surface area (TPSA) is 78.9 Å². The molecule has 0 rings (SSSR count). The highest BCUT2D eigenvalue weighted by atomic mass is 16.6. The molecule has 0 saturated heterocycles. The average Bonchev–Trinajstić information content (AvgIpc) is 3.42. The molecule has 0 aliphatic rings. The number of carbonyl (C=O) groups is 3. The number of allylic oxidation sites excluding steroid dienone is 12. The van der Waals surface area contributed by atoms with Gasteiger partial charge in [-0.15, -0.1) is 0 Å². The summed E-state index contributed by atoms with van der Waals surface area (Å²) in [5.74, 6) is -0.869. The molecule has 0 bridgehead atoms. The van der Waals surface area contributed by atoms with Crippen molar-refractivity contribution < 1.29 is 28.6 Å².